The van der Waals surface area contributed by atoms with E-state index in [1.165, 1.54) is 25.9 Å². The van der Waals surface area contributed by atoms with Crippen LogP contribution in [0.25, 0.3) is 11.0 Å². The zero-order valence-corrected chi connectivity index (χ0v) is 19.6. The summed E-state index contributed by atoms with van der Waals surface area (Å²) in [6, 6.07) is 7.78. The van der Waals surface area contributed by atoms with Gasteiger partial charge in [0, 0.05) is 38.6 Å². The summed E-state index contributed by atoms with van der Waals surface area (Å²) in [5.41, 5.74) is 1.67. The Hall–Kier alpha value is -2.41. The lowest BCUT2D eigenvalue weighted by atomic mass is 9.96. The van der Waals surface area contributed by atoms with E-state index in [1.54, 1.807) is 4.57 Å². The molecule has 1 N–H and O–H groups in total. The van der Waals surface area contributed by atoms with Crippen LogP contribution >= 0.6 is 0 Å². The van der Waals surface area contributed by atoms with Crippen LogP contribution in [-0.4, -0.2) is 59.6 Å². The molecule has 0 unspecified atom stereocenters. The van der Waals surface area contributed by atoms with Gasteiger partial charge < -0.3 is 19.7 Å². The second kappa shape index (κ2) is 10.5. The number of amides is 1. The average Bonchev–Trinajstić information content (AvgIpc) is 2.81. The van der Waals surface area contributed by atoms with Gasteiger partial charge in [0.05, 0.1) is 11.0 Å². The summed E-state index contributed by atoms with van der Waals surface area (Å²) in [7, 11) is 0. The number of anilines is 1. The largest absolute Gasteiger partial charge is 0.356 e. The minimum absolute atomic E-state index is 0.0233. The number of carbonyl (C=O) groups excluding carboxylic acids is 1. The Morgan fingerprint density at radius 3 is 2.69 bits per heavy atom. The molecule has 2 fully saturated rings. The quantitative estimate of drug-likeness (QED) is 0.672. The van der Waals surface area contributed by atoms with E-state index in [0.29, 0.717) is 25.5 Å². The van der Waals surface area contributed by atoms with E-state index in [0.717, 1.165) is 49.3 Å². The van der Waals surface area contributed by atoms with Crippen molar-refractivity contribution < 1.29 is 4.79 Å². The molecule has 0 saturated carbocycles. The molecule has 3 heterocycles. The van der Waals surface area contributed by atoms with Crippen molar-refractivity contribution in [2.24, 2.45) is 11.8 Å². The predicted molar refractivity (Wildman–Crippen MR) is 129 cm³/mol. The van der Waals surface area contributed by atoms with Crippen molar-refractivity contribution in [2.45, 2.75) is 52.5 Å². The monoisotopic (exact) mass is 439 g/mol. The first kappa shape index (κ1) is 22.8. The minimum Gasteiger partial charge on any atom is -0.356 e. The average molecular weight is 440 g/mol. The van der Waals surface area contributed by atoms with E-state index in [1.807, 2.05) is 31.2 Å². The van der Waals surface area contributed by atoms with Gasteiger partial charge >= 0.3 is 0 Å². The molecule has 4 rings (SSSR count). The second-order valence-corrected chi connectivity index (χ2v) is 9.43. The smallest absolute Gasteiger partial charge is 0.293 e. The van der Waals surface area contributed by atoms with Crippen LogP contribution in [0.2, 0.25) is 0 Å². The lowest BCUT2D eigenvalue weighted by Crippen LogP contribution is -2.43. The summed E-state index contributed by atoms with van der Waals surface area (Å²) in [6.45, 7) is 10.5. The Labute approximate surface area is 190 Å². The number of fused-ring (bicyclic) bond motifs is 1. The molecule has 2 aromatic rings. The molecule has 174 valence electrons. The summed E-state index contributed by atoms with van der Waals surface area (Å²) in [5, 5.41) is 3.15. The van der Waals surface area contributed by atoms with Crippen molar-refractivity contribution in [3.63, 3.8) is 0 Å². The molecular formula is C25H37N5O2. The molecule has 0 spiro atoms. The highest BCUT2D eigenvalue weighted by Gasteiger charge is 2.27. The first-order valence-electron chi connectivity index (χ1n) is 12.3. The molecule has 2 aliphatic heterocycles. The number of aryl methyl sites for hydroxylation is 1. The fourth-order valence-electron chi connectivity index (χ4n) is 5.20. The summed E-state index contributed by atoms with van der Waals surface area (Å²) in [6.07, 6.45) is 5.16. The van der Waals surface area contributed by atoms with Gasteiger partial charge in [0.1, 0.15) is 0 Å². The molecule has 2 aliphatic rings. The fraction of sp³-hybridized carbons (Fsp3) is 0.640. The highest BCUT2D eigenvalue weighted by molar-refractivity contribution is 5.79. The standard InChI is InChI=1S/C25H37N5O2/c1-3-30-22-10-5-4-9-21(22)27-23(25(30)32)29-16-11-20(12-17-29)24(31)26-13-7-15-28-14-6-8-19(2)18-28/h4-5,9-10,19-20H,3,6-8,11-18H2,1-2H3,(H,26,31)/t19-/m0/s1. The minimum atomic E-state index is -0.0406. The number of piperidine rings is 2. The van der Waals surface area contributed by atoms with E-state index in [2.05, 4.69) is 27.0 Å². The Morgan fingerprint density at radius 1 is 1.16 bits per heavy atom. The van der Waals surface area contributed by atoms with Crippen LogP contribution in [0.5, 0.6) is 0 Å². The summed E-state index contributed by atoms with van der Waals surface area (Å²) < 4.78 is 1.79. The Balaban J connectivity index is 1.28. The number of carbonyl (C=O) groups is 1. The van der Waals surface area contributed by atoms with Gasteiger partial charge in [-0.2, -0.15) is 0 Å². The normalized spacial score (nSPS) is 20.6. The third-order valence-corrected chi connectivity index (χ3v) is 7.01. The molecule has 7 heteroatoms. The molecule has 0 radical (unpaired) electrons. The maximum absolute atomic E-state index is 13.0. The molecule has 2 saturated heterocycles. The number of nitrogens with zero attached hydrogens (tertiary/aromatic N) is 4. The first-order valence-corrected chi connectivity index (χ1v) is 12.3. The van der Waals surface area contributed by atoms with Gasteiger partial charge in [0.2, 0.25) is 5.91 Å². The van der Waals surface area contributed by atoms with E-state index >= 15 is 0 Å². The Kier molecular flexibility index (Phi) is 7.45. The van der Waals surface area contributed by atoms with Crippen LogP contribution in [0.4, 0.5) is 5.82 Å². The number of hydrogen-bond acceptors (Lipinski definition) is 5. The van der Waals surface area contributed by atoms with Gasteiger partial charge in [0.25, 0.3) is 5.56 Å². The van der Waals surface area contributed by atoms with Gasteiger partial charge in [-0.3, -0.25) is 9.59 Å². The van der Waals surface area contributed by atoms with Crippen LogP contribution in [0, 0.1) is 11.8 Å². The third kappa shape index (κ3) is 5.14. The highest BCUT2D eigenvalue weighted by Crippen LogP contribution is 2.22. The third-order valence-electron chi connectivity index (χ3n) is 7.01. The van der Waals surface area contributed by atoms with Crippen molar-refractivity contribution in [2.75, 3.05) is 44.2 Å². The van der Waals surface area contributed by atoms with E-state index in [9.17, 15) is 9.59 Å². The molecule has 1 amide bonds. The number of nitrogens with one attached hydrogen (secondary N) is 1. The molecule has 7 nitrogen and oxygen atoms in total. The van der Waals surface area contributed by atoms with Crippen molar-refractivity contribution in [1.29, 1.82) is 0 Å². The number of benzene rings is 1. The number of para-hydroxylation sites is 2. The molecule has 32 heavy (non-hydrogen) atoms. The lowest BCUT2D eigenvalue weighted by Gasteiger charge is -2.32. The van der Waals surface area contributed by atoms with E-state index in [-0.39, 0.29) is 17.4 Å². The van der Waals surface area contributed by atoms with Crippen LogP contribution in [0.3, 0.4) is 0 Å². The zero-order valence-electron chi connectivity index (χ0n) is 19.6. The predicted octanol–water partition coefficient (Wildman–Crippen LogP) is 2.87. The van der Waals surface area contributed by atoms with E-state index in [4.69, 9.17) is 0 Å². The summed E-state index contributed by atoms with van der Waals surface area (Å²) in [5.74, 6) is 1.49. The summed E-state index contributed by atoms with van der Waals surface area (Å²) >= 11 is 0. The molecular weight excluding hydrogens is 402 g/mol. The van der Waals surface area contributed by atoms with E-state index < -0.39 is 0 Å². The molecule has 0 bridgehead atoms. The van der Waals surface area contributed by atoms with Gasteiger partial charge in [-0.25, -0.2) is 4.98 Å². The second-order valence-electron chi connectivity index (χ2n) is 9.43. The lowest BCUT2D eigenvalue weighted by molar-refractivity contribution is -0.125. The van der Waals surface area contributed by atoms with Crippen LogP contribution in [0.1, 0.15) is 46.0 Å². The molecule has 1 atom stereocenters. The van der Waals surface area contributed by atoms with Crippen molar-refractivity contribution >= 4 is 22.8 Å². The fourth-order valence-corrected chi connectivity index (χ4v) is 5.20. The number of rotatable bonds is 7. The first-order chi connectivity index (χ1) is 15.6. The molecule has 1 aromatic carbocycles. The summed E-state index contributed by atoms with van der Waals surface area (Å²) in [4.78, 5) is 34.9. The van der Waals surface area contributed by atoms with Gasteiger partial charge in [-0.15, -0.1) is 0 Å². The van der Waals surface area contributed by atoms with Crippen LogP contribution < -0.4 is 15.8 Å². The van der Waals surface area contributed by atoms with Gasteiger partial charge in [-0.1, -0.05) is 19.1 Å². The highest BCUT2D eigenvalue weighted by atomic mass is 16.2. The zero-order chi connectivity index (χ0) is 22.5. The number of hydrogen-bond donors (Lipinski definition) is 1. The maximum Gasteiger partial charge on any atom is 0.293 e. The van der Waals surface area contributed by atoms with Crippen LogP contribution in [-0.2, 0) is 11.3 Å². The number of aromatic nitrogens is 2. The van der Waals surface area contributed by atoms with Crippen LogP contribution in [0.15, 0.2) is 29.1 Å². The Morgan fingerprint density at radius 2 is 1.94 bits per heavy atom. The molecule has 0 aliphatic carbocycles. The van der Waals surface area contributed by atoms with Gasteiger partial charge in [-0.05, 0) is 70.2 Å². The maximum atomic E-state index is 13.0. The van der Waals surface area contributed by atoms with Gasteiger partial charge in [0.15, 0.2) is 5.82 Å². The number of likely N-dealkylation sites (tertiary alicyclic amines) is 1. The Bertz CT molecular complexity index is 980. The molecule has 1 aromatic heterocycles. The van der Waals surface area contributed by atoms with Crippen molar-refractivity contribution in [1.82, 2.24) is 19.8 Å². The topological polar surface area (TPSA) is 70.5 Å². The SMILES string of the molecule is CCn1c(=O)c(N2CCC(C(=O)NCCCN3CCC[C@H](C)C3)CC2)nc2ccccc21. The van der Waals surface area contributed by atoms with Crippen molar-refractivity contribution in [3.8, 4) is 0 Å². The van der Waals surface area contributed by atoms with Crippen molar-refractivity contribution in [3.05, 3.63) is 34.6 Å².